The molecule has 3 N–H and O–H groups in total. The quantitative estimate of drug-likeness (QED) is 0.752. The van der Waals surface area contributed by atoms with Crippen molar-refractivity contribution < 1.29 is 0 Å². The zero-order valence-electron chi connectivity index (χ0n) is 9.90. The van der Waals surface area contributed by atoms with E-state index in [0.29, 0.717) is 11.0 Å². The van der Waals surface area contributed by atoms with E-state index >= 15 is 0 Å². The number of hydrogen-bond acceptors (Lipinski definition) is 4. The molecule has 0 saturated heterocycles. The van der Waals surface area contributed by atoms with Crippen molar-refractivity contribution in [2.24, 2.45) is 5.73 Å². The summed E-state index contributed by atoms with van der Waals surface area (Å²) in [5.41, 5.74) is 6.29. The highest BCUT2D eigenvalue weighted by atomic mass is 32.1. The van der Waals surface area contributed by atoms with Gasteiger partial charge in [-0.2, -0.15) is 0 Å². The van der Waals surface area contributed by atoms with E-state index in [1.165, 1.54) is 0 Å². The molecule has 1 atom stereocenters. The van der Waals surface area contributed by atoms with Crippen LogP contribution in [0.3, 0.4) is 0 Å². The van der Waals surface area contributed by atoms with Gasteiger partial charge in [0.15, 0.2) is 0 Å². The van der Waals surface area contributed by atoms with Crippen molar-refractivity contribution in [2.45, 2.75) is 13.0 Å². The highest BCUT2D eigenvalue weighted by Crippen LogP contribution is 2.06. The van der Waals surface area contributed by atoms with Gasteiger partial charge < -0.3 is 16.0 Å². The Morgan fingerprint density at radius 1 is 1.56 bits per heavy atom. The van der Waals surface area contributed by atoms with Gasteiger partial charge in [0, 0.05) is 24.3 Å². The summed E-state index contributed by atoms with van der Waals surface area (Å²) in [6, 6.07) is 4.11. The molecule has 0 bridgehead atoms. The molecule has 0 spiro atoms. The van der Waals surface area contributed by atoms with E-state index < -0.39 is 0 Å². The maximum Gasteiger partial charge on any atom is 0.126 e. The monoisotopic (exact) mass is 238 g/mol. The first-order valence-corrected chi connectivity index (χ1v) is 5.57. The molecule has 4 nitrogen and oxygen atoms in total. The van der Waals surface area contributed by atoms with Crippen LogP contribution < -0.4 is 11.1 Å². The lowest BCUT2D eigenvalue weighted by molar-refractivity contribution is 0.392. The Bertz CT molecular complexity index is 348. The average molecular weight is 238 g/mol. The Morgan fingerprint density at radius 2 is 2.25 bits per heavy atom. The zero-order valence-corrected chi connectivity index (χ0v) is 10.7. The van der Waals surface area contributed by atoms with Crippen molar-refractivity contribution in [3.63, 3.8) is 0 Å². The molecule has 0 aliphatic rings. The van der Waals surface area contributed by atoms with Crippen LogP contribution in [0.25, 0.3) is 0 Å². The summed E-state index contributed by atoms with van der Waals surface area (Å²) in [6.07, 6.45) is 1.69. The number of rotatable bonds is 5. The van der Waals surface area contributed by atoms with Crippen LogP contribution in [-0.2, 0) is 0 Å². The summed E-state index contributed by atoms with van der Waals surface area (Å²) in [6.45, 7) is 3.07. The number of pyridine rings is 1. The molecule has 1 aromatic heterocycles. The van der Waals surface area contributed by atoms with Gasteiger partial charge in [-0.3, -0.25) is 0 Å². The number of hydrogen-bond donors (Lipinski definition) is 2. The first kappa shape index (κ1) is 12.9. The molecule has 0 aliphatic carbocycles. The van der Waals surface area contributed by atoms with Crippen molar-refractivity contribution in [3.05, 3.63) is 23.9 Å². The van der Waals surface area contributed by atoms with Gasteiger partial charge in [-0.15, -0.1) is 0 Å². The molecule has 1 heterocycles. The fourth-order valence-electron chi connectivity index (χ4n) is 1.47. The molecule has 1 rings (SSSR count). The van der Waals surface area contributed by atoms with Crippen molar-refractivity contribution in [2.75, 3.05) is 26.0 Å². The molecule has 0 saturated carbocycles. The third-order valence-corrected chi connectivity index (χ3v) is 2.32. The van der Waals surface area contributed by atoms with Gasteiger partial charge >= 0.3 is 0 Å². The fraction of sp³-hybridized carbons (Fsp3) is 0.455. The predicted octanol–water partition coefficient (Wildman–Crippen LogP) is 1.08. The minimum atomic E-state index is 0.346. The molecule has 5 heteroatoms. The Morgan fingerprint density at radius 3 is 2.69 bits per heavy atom. The predicted molar refractivity (Wildman–Crippen MR) is 71.8 cm³/mol. The third kappa shape index (κ3) is 4.12. The van der Waals surface area contributed by atoms with Gasteiger partial charge in [0.1, 0.15) is 10.8 Å². The van der Waals surface area contributed by atoms with Gasteiger partial charge in [0.2, 0.25) is 0 Å². The highest BCUT2D eigenvalue weighted by molar-refractivity contribution is 7.80. The first-order valence-electron chi connectivity index (χ1n) is 5.16. The number of aromatic nitrogens is 1. The maximum absolute atomic E-state index is 5.50. The molecule has 16 heavy (non-hydrogen) atoms. The van der Waals surface area contributed by atoms with Gasteiger partial charge in [-0.1, -0.05) is 12.2 Å². The number of nitrogens with one attached hydrogen (secondary N) is 1. The van der Waals surface area contributed by atoms with Gasteiger partial charge in [-0.05, 0) is 33.2 Å². The van der Waals surface area contributed by atoms with Crippen LogP contribution in [0, 0.1) is 0 Å². The van der Waals surface area contributed by atoms with Crippen molar-refractivity contribution in [1.82, 2.24) is 9.88 Å². The maximum atomic E-state index is 5.50. The molecule has 0 aromatic carbocycles. The molecule has 0 aliphatic heterocycles. The SMILES string of the molecule is CC(CN(C)C)Nc1ccc(C(N)=S)cn1. The van der Waals surface area contributed by atoms with E-state index in [9.17, 15) is 0 Å². The standard InChI is InChI=1S/C11H18N4S/c1-8(7-15(2)3)14-10-5-4-9(6-13-10)11(12)16/h4-6,8H,7H2,1-3H3,(H2,12,16)(H,13,14). The Balaban J connectivity index is 2.58. The minimum absolute atomic E-state index is 0.346. The Kier molecular flexibility index (Phi) is 4.64. The van der Waals surface area contributed by atoms with E-state index in [-0.39, 0.29) is 0 Å². The lowest BCUT2D eigenvalue weighted by Crippen LogP contribution is -2.29. The summed E-state index contributed by atoms with van der Waals surface area (Å²) in [7, 11) is 4.09. The van der Waals surface area contributed by atoms with E-state index in [1.54, 1.807) is 6.20 Å². The zero-order chi connectivity index (χ0) is 12.1. The summed E-state index contributed by atoms with van der Waals surface area (Å²) >= 11 is 4.86. The van der Waals surface area contributed by atoms with Crippen LogP contribution in [-0.4, -0.2) is 41.6 Å². The second-order valence-electron chi connectivity index (χ2n) is 4.10. The molecule has 0 radical (unpaired) electrons. The molecular weight excluding hydrogens is 220 g/mol. The van der Waals surface area contributed by atoms with Crippen molar-refractivity contribution in [1.29, 1.82) is 0 Å². The van der Waals surface area contributed by atoms with Crippen LogP contribution in [0.1, 0.15) is 12.5 Å². The first-order chi connectivity index (χ1) is 7.49. The molecule has 0 fully saturated rings. The van der Waals surface area contributed by atoms with Gasteiger partial charge in [-0.25, -0.2) is 4.98 Å². The summed E-state index contributed by atoms with van der Waals surface area (Å²) in [5.74, 6) is 0.842. The summed E-state index contributed by atoms with van der Waals surface area (Å²) < 4.78 is 0. The Labute approximate surface area is 102 Å². The normalized spacial score (nSPS) is 12.5. The van der Waals surface area contributed by atoms with Crippen LogP contribution in [0.2, 0.25) is 0 Å². The molecule has 0 amide bonds. The van der Waals surface area contributed by atoms with Gasteiger partial charge in [0.25, 0.3) is 0 Å². The van der Waals surface area contributed by atoms with E-state index in [4.69, 9.17) is 18.0 Å². The second kappa shape index (κ2) is 5.77. The fourth-order valence-corrected chi connectivity index (χ4v) is 1.59. The number of anilines is 1. The smallest absolute Gasteiger partial charge is 0.126 e. The van der Waals surface area contributed by atoms with Crippen LogP contribution in [0.5, 0.6) is 0 Å². The number of likely N-dealkylation sites (N-methyl/N-ethyl adjacent to an activating group) is 1. The van der Waals surface area contributed by atoms with E-state index in [0.717, 1.165) is 17.9 Å². The van der Waals surface area contributed by atoms with Crippen LogP contribution in [0.15, 0.2) is 18.3 Å². The van der Waals surface area contributed by atoms with Crippen LogP contribution in [0.4, 0.5) is 5.82 Å². The number of nitrogens with zero attached hydrogens (tertiary/aromatic N) is 2. The van der Waals surface area contributed by atoms with E-state index in [2.05, 4.69) is 22.1 Å². The number of nitrogens with two attached hydrogens (primary N) is 1. The van der Waals surface area contributed by atoms with Crippen molar-refractivity contribution >= 4 is 23.0 Å². The number of thiocarbonyl (C=S) groups is 1. The van der Waals surface area contributed by atoms with Gasteiger partial charge in [0.05, 0.1) is 0 Å². The third-order valence-electron chi connectivity index (χ3n) is 2.08. The summed E-state index contributed by atoms with van der Waals surface area (Å²) in [5, 5.41) is 3.30. The largest absolute Gasteiger partial charge is 0.389 e. The highest BCUT2D eigenvalue weighted by Gasteiger charge is 2.04. The van der Waals surface area contributed by atoms with Crippen molar-refractivity contribution in [3.8, 4) is 0 Å². The lowest BCUT2D eigenvalue weighted by atomic mass is 10.2. The lowest BCUT2D eigenvalue weighted by Gasteiger charge is -2.18. The molecule has 1 unspecified atom stereocenters. The van der Waals surface area contributed by atoms with Crippen LogP contribution >= 0.6 is 12.2 Å². The van der Waals surface area contributed by atoms with E-state index in [1.807, 2.05) is 26.2 Å². The average Bonchev–Trinajstić information content (AvgIpc) is 2.16. The molecular formula is C11H18N4S. The minimum Gasteiger partial charge on any atom is -0.389 e. The molecule has 88 valence electrons. The topological polar surface area (TPSA) is 54.2 Å². The Hall–Kier alpha value is -1.20. The second-order valence-corrected chi connectivity index (χ2v) is 4.54. The molecule has 1 aromatic rings. The summed E-state index contributed by atoms with van der Waals surface area (Å²) in [4.78, 5) is 6.75.